The highest BCUT2D eigenvalue weighted by Crippen LogP contribution is 2.39. The zero-order chi connectivity index (χ0) is 13.9. The fourth-order valence-electron chi connectivity index (χ4n) is 2.68. The molecular weight excluding hydrogens is 312 g/mol. The predicted octanol–water partition coefficient (Wildman–Crippen LogP) is 4.68. The van der Waals surface area contributed by atoms with E-state index in [-0.39, 0.29) is 0 Å². The van der Waals surface area contributed by atoms with E-state index in [4.69, 9.17) is 5.26 Å². The Morgan fingerprint density at radius 1 is 1.10 bits per heavy atom. The summed E-state index contributed by atoms with van der Waals surface area (Å²) in [5.41, 5.74) is 3.16. The minimum Gasteiger partial charge on any atom is -0.382 e. The van der Waals surface area contributed by atoms with Gasteiger partial charge in [0.2, 0.25) is 0 Å². The van der Waals surface area contributed by atoms with E-state index in [1.165, 1.54) is 5.56 Å². The van der Waals surface area contributed by atoms with Crippen molar-refractivity contribution in [2.45, 2.75) is 24.8 Å². The van der Waals surface area contributed by atoms with Crippen molar-refractivity contribution in [3.63, 3.8) is 0 Å². The zero-order valence-electron chi connectivity index (χ0n) is 11.0. The summed E-state index contributed by atoms with van der Waals surface area (Å²) in [6.45, 7) is 0. The number of hydrogen-bond donors (Lipinski definition) is 1. The molecular formula is C17H15BrN2. The molecule has 1 aliphatic rings. The first-order chi connectivity index (χ1) is 9.74. The predicted molar refractivity (Wildman–Crippen MR) is 84.7 cm³/mol. The maximum atomic E-state index is 8.90. The summed E-state index contributed by atoms with van der Waals surface area (Å²) in [4.78, 5) is 0. The number of nitrogens with zero attached hydrogens (tertiary/aromatic N) is 1. The third kappa shape index (κ3) is 2.86. The Morgan fingerprint density at radius 3 is 2.65 bits per heavy atom. The smallest absolute Gasteiger partial charge is 0.0992 e. The summed E-state index contributed by atoms with van der Waals surface area (Å²) in [5.74, 6) is 0.643. The molecule has 0 bridgehead atoms. The molecule has 0 spiro atoms. The van der Waals surface area contributed by atoms with Gasteiger partial charge >= 0.3 is 0 Å². The Hall–Kier alpha value is -1.79. The third-order valence-electron chi connectivity index (χ3n) is 3.82. The molecule has 1 saturated carbocycles. The second kappa shape index (κ2) is 5.68. The molecule has 0 radical (unpaired) electrons. The molecule has 100 valence electrons. The van der Waals surface area contributed by atoms with Gasteiger partial charge < -0.3 is 5.32 Å². The number of hydrogen-bond acceptors (Lipinski definition) is 2. The Labute approximate surface area is 127 Å². The number of halogens is 1. The molecule has 0 unspecified atom stereocenters. The van der Waals surface area contributed by atoms with Gasteiger partial charge in [-0.3, -0.25) is 0 Å². The van der Waals surface area contributed by atoms with Crippen molar-refractivity contribution in [2.24, 2.45) is 0 Å². The van der Waals surface area contributed by atoms with Crippen molar-refractivity contribution in [3.8, 4) is 6.07 Å². The molecule has 0 saturated heterocycles. The molecule has 1 aliphatic carbocycles. The Morgan fingerprint density at radius 2 is 1.90 bits per heavy atom. The third-order valence-corrected chi connectivity index (χ3v) is 4.31. The maximum Gasteiger partial charge on any atom is 0.0992 e. The van der Waals surface area contributed by atoms with Crippen LogP contribution < -0.4 is 5.32 Å². The Bertz CT molecular complexity index is 654. The first-order valence-corrected chi connectivity index (χ1v) is 7.56. The summed E-state index contributed by atoms with van der Waals surface area (Å²) in [6, 6.07) is 18.9. The Balaban J connectivity index is 1.59. The number of rotatable bonds is 3. The molecule has 1 N–H and O–H groups in total. The monoisotopic (exact) mass is 326 g/mol. The number of anilines is 1. The van der Waals surface area contributed by atoms with Crippen molar-refractivity contribution in [1.82, 2.24) is 0 Å². The lowest BCUT2D eigenvalue weighted by molar-refractivity contribution is 0.374. The fourth-order valence-corrected chi connectivity index (χ4v) is 3.10. The van der Waals surface area contributed by atoms with Crippen LogP contribution in [0, 0.1) is 11.3 Å². The fraction of sp³-hybridized carbons (Fsp3) is 0.235. The Kier molecular flexibility index (Phi) is 3.75. The molecule has 3 heteroatoms. The van der Waals surface area contributed by atoms with Gasteiger partial charge in [0.05, 0.1) is 11.6 Å². The van der Waals surface area contributed by atoms with Crippen LogP contribution in [0.2, 0.25) is 0 Å². The molecule has 0 atom stereocenters. The van der Waals surface area contributed by atoms with Crippen molar-refractivity contribution in [2.75, 3.05) is 5.32 Å². The largest absolute Gasteiger partial charge is 0.382 e. The van der Waals surface area contributed by atoms with Crippen LogP contribution in [0.15, 0.2) is 53.0 Å². The molecule has 0 heterocycles. The van der Waals surface area contributed by atoms with Gasteiger partial charge in [-0.2, -0.15) is 5.26 Å². The van der Waals surface area contributed by atoms with Crippen molar-refractivity contribution < 1.29 is 0 Å². The van der Waals surface area contributed by atoms with Gasteiger partial charge in [0.25, 0.3) is 0 Å². The van der Waals surface area contributed by atoms with Gasteiger partial charge in [-0.25, -0.2) is 0 Å². The van der Waals surface area contributed by atoms with E-state index < -0.39 is 0 Å². The minimum atomic E-state index is 0.507. The van der Waals surface area contributed by atoms with Crippen molar-refractivity contribution >= 4 is 21.6 Å². The van der Waals surface area contributed by atoms with Crippen LogP contribution in [0.5, 0.6) is 0 Å². The number of benzene rings is 2. The molecule has 2 aromatic rings. The SMILES string of the molecule is N#Cc1cccc(NC2CC(c3cccc(Br)c3)C2)c1. The lowest BCUT2D eigenvalue weighted by Crippen LogP contribution is -2.33. The van der Waals surface area contributed by atoms with E-state index in [2.05, 4.69) is 51.6 Å². The highest BCUT2D eigenvalue weighted by molar-refractivity contribution is 9.10. The van der Waals surface area contributed by atoms with Gasteiger partial charge in [0.15, 0.2) is 0 Å². The van der Waals surface area contributed by atoms with Gasteiger partial charge in [-0.1, -0.05) is 34.1 Å². The average Bonchev–Trinajstić information content (AvgIpc) is 2.42. The van der Waals surface area contributed by atoms with E-state index >= 15 is 0 Å². The molecule has 0 aromatic heterocycles. The van der Waals surface area contributed by atoms with E-state index in [1.807, 2.05) is 24.3 Å². The van der Waals surface area contributed by atoms with E-state index in [9.17, 15) is 0 Å². The number of nitriles is 1. The molecule has 0 aliphatic heterocycles. The molecule has 1 fully saturated rings. The molecule has 0 amide bonds. The maximum absolute atomic E-state index is 8.90. The lowest BCUT2D eigenvalue weighted by Gasteiger charge is -2.37. The lowest BCUT2D eigenvalue weighted by atomic mass is 9.76. The topological polar surface area (TPSA) is 35.8 Å². The van der Waals surface area contributed by atoms with E-state index in [1.54, 1.807) is 0 Å². The molecule has 2 nitrogen and oxygen atoms in total. The molecule has 2 aromatic carbocycles. The van der Waals surface area contributed by atoms with E-state index in [0.717, 1.165) is 23.0 Å². The minimum absolute atomic E-state index is 0.507. The second-order valence-corrected chi connectivity index (χ2v) is 6.17. The van der Waals surface area contributed by atoms with Crippen LogP contribution in [0.4, 0.5) is 5.69 Å². The highest BCUT2D eigenvalue weighted by atomic mass is 79.9. The summed E-state index contributed by atoms with van der Waals surface area (Å²) < 4.78 is 1.15. The van der Waals surface area contributed by atoms with Gasteiger partial charge in [0, 0.05) is 16.2 Å². The summed E-state index contributed by atoms with van der Waals surface area (Å²) in [6.07, 6.45) is 2.29. The first kappa shape index (κ1) is 13.2. The van der Waals surface area contributed by atoms with E-state index in [0.29, 0.717) is 17.5 Å². The standard InChI is InChI=1S/C17H15BrN2/c18-15-5-2-4-13(8-15)14-9-17(10-14)20-16-6-1-3-12(7-16)11-19/h1-8,14,17,20H,9-10H2. The average molecular weight is 327 g/mol. The van der Waals surface area contributed by atoms with Gasteiger partial charge in [-0.15, -0.1) is 0 Å². The van der Waals surface area contributed by atoms with Crippen molar-refractivity contribution in [1.29, 1.82) is 5.26 Å². The van der Waals surface area contributed by atoms with Crippen LogP contribution in [0.25, 0.3) is 0 Å². The summed E-state index contributed by atoms with van der Waals surface area (Å²) in [7, 11) is 0. The van der Waals surface area contributed by atoms with Crippen LogP contribution in [0.1, 0.15) is 29.9 Å². The van der Waals surface area contributed by atoms with Gasteiger partial charge in [0.1, 0.15) is 0 Å². The molecule has 3 rings (SSSR count). The van der Waals surface area contributed by atoms with Crippen LogP contribution >= 0.6 is 15.9 Å². The van der Waals surface area contributed by atoms with Crippen LogP contribution in [0.3, 0.4) is 0 Å². The highest BCUT2D eigenvalue weighted by Gasteiger charge is 2.30. The van der Waals surface area contributed by atoms with Gasteiger partial charge in [-0.05, 0) is 54.7 Å². The quantitative estimate of drug-likeness (QED) is 0.888. The normalized spacial score (nSPS) is 20.8. The number of nitrogens with one attached hydrogen (secondary N) is 1. The summed E-state index contributed by atoms with van der Waals surface area (Å²) >= 11 is 3.52. The second-order valence-electron chi connectivity index (χ2n) is 5.26. The van der Waals surface area contributed by atoms with Crippen molar-refractivity contribution in [3.05, 3.63) is 64.1 Å². The van der Waals surface area contributed by atoms with Crippen LogP contribution in [-0.2, 0) is 0 Å². The molecule has 20 heavy (non-hydrogen) atoms. The van der Waals surface area contributed by atoms with Crippen LogP contribution in [-0.4, -0.2) is 6.04 Å². The zero-order valence-corrected chi connectivity index (χ0v) is 12.6. The summed E-state index contributed by atoms with van der Waals surface area (Å²) in [5, 5.41) is 12.4. The first-order valence-electron chi connectivity index (χ1n) is 6.77.